The highest BCUT2D eigenvalue weighted by Crippen LogP contribution is 2.19. The summed E-state index contributed by atoms with van der Waals surface area (Å²) in [5.41, 5.74) is 1.72. The van der Waals surface area contributed by atoms with Gasteiger partial charge in [-0.15, -0.1) is 0 Å². The van der Waals surface area contributed by atoms with Crippen LogP contribution in [-0.2, 0) is 0 Å². The van der Waals surface area contributed by atoms with Crippen LogP contribution in [0.4, 0.5) is 10.1 Å². The number of carbonyl (C=O) groups excluding carboxylic acids is 1. The third-order valence-corrected chi connectivity index (χ3v) is 5.24. The summed E-state index contributed by atoms with van der Waals surface area (Å²) in [7, 11) is 0. The Bertz CT molecular complexity index is 931. The highest BCUT2D eigenvalue weighted by molar-refractivity contribution is 6.01. The van der Waals surface area contributed by atoms with Crippen molar-refractivity contribution in [3.8, 4) is 0 Å². The minimum Gasteiger partial charge on any atom is -0.382 e. The van der Waals surface area contributed by atoms with E-state index in [-0.39, 0.29) is 11.6 Å². The van der Waals surface area contributed by atoms with E-state index in [2.05, 4.69) is 16.3 Å². The summed E-state index contributed by atoms with van der Waals surface area (Å²) in [6.07, 6.45) is 1.95. The normalized spacial score (nSPS) is 15.7. The topological polar surface area (TPSA) is 32.3 Å². The van der Waals surface area contributed by atoms with Crippen LogP contribution in [0.5, 0.6) is 0 Å². The number of carbonyl (C=O) groups is 1. The monoisotopic (exact) mass is 362 g/mol. The molecule has 0 bridgehead atoms. The molecule has 4 heteroatoms. The smallest absolute Gasteiger partial charge is 0.176 e. The van der Waals surface area contributed by atoms with Gasteiger partial charge in [0.25, 0.3) is 0 Å². The number of ketones is 1. The zero-order valence-corrected chi connectivity index (χ0v) is 15.2. The predicted molar refractivity (Wildman–Crippen MR) is 108 cm³/mol. The van der Waals surface area contributed by atoms with Gasteiger partial charge >= 0.3 is 0 Å². The van der Waals surface area contributed by atoms with Gasteiger partial charge in [0, 0.05) is 30.4 Å². The number of rotatable bonds is 5. The van der Waals surface area contributed by atoms with Gasteiger partial charge in [0.1, 0.15) is 5.82 Å². The van der Waals surface area contributed by atoms with E-state index in [9.17, 15) is 9.18 Å². The van der Waals surface area contributed by atoms with Gasteiger partial charge in [-0.1, -0.05) is 36.4 Å². The van der Waals surface area contributed by atoms with E-state index in [0.29, 0.717) is 12.6 Å². The second-order valence-electron chi connectivity index (χ2n) is 7.19. The van der Waals surface area contributed by atoms with E-state index in [1.54, 1.807) is 12.1 Å². The highest BCUT2D eigenvalue weighted by atomic mass is 19.1. The van der Waals surface area contributed by atoms with Crippen LogP contribution in [0.1, 0.15) is 23.2 Å². The maximum atomic E-state index is 13.0. The average Bonchev–Trinajstić information content (AvgIpc) is 2.71. The van der Waals surface area contributed by atoms with Crippen molar-refractivity contribution in [2.24, 2.45) is 0 Å². The van der Waals surface area contributed by atoms with Gasteiger partial charge in [0.05, 0.1) is 6.54 Å². The van der Waals surface area contributed by atoms with Crippen LogP contribution in [0, 0.1) is 5.82 Å². The summed E-state index contributed by atoms with van der Waals surface area (Å²) in [5.74, 6) is -0.0479. The van der Waals surface area contributed by atoms with Crippen molar-refractivity contribution in [1.29, 1.82) is 0 Å². The quantitative estimate of drug-likeness (QED) is 0.666. The van der Waals surface area contributed by atoms with E-state index in [4.69, 9.17) is 0 Å². The summed E-state index contributed by atoms with van der Waals surface area (Å²) >= 11 is 0. The molecular weight excluding hydrogens is 339 g/mol. The van der Waals surface area contributed by atoms with E-state index in [1.807, 2.05) is 36.4 Å². The Balaban J connectivity index is 1.31. The number of piperidine rings is 1. The number of nitrogens with one attached hydrogen (secondary N) is 1. The second-order valence-corrected chi connectivity index (χ2v) is 7.19. The Morgan fingerprint density at radius 1 is 0.963 bits per heavy atom. The molecule has 3 aromatic rings. The zero-order chi connectivity index (χ0) is 18.6. The summed E-state index contributed by atoms with van der Waals surface area (Å²) in [5, 5.41) is 5.71. The van der Waals surface area contributed by atoms with Crippen molar-refractivity contribution in [2.75, 3.05) is 25.0 Å². The number of Topliss-reactive ketones (excluding diaryl/α,β-unsaturated/α-hetero) is 1. The molecule has 0 aliphatic carbocycles. The molecule has 0 spiro atoms. The molecule has 0 aromatic heterocycles. The van der Waals surface area contributed by atoms with Crippen molar-refractivity contribution in [2.45, 2.75) is 18.9 Å². The minimum atomic E-state index is -0.220. The third kappa shape index (κ3) is 4.34. The zero-order valence-electron chi connectivity index (χ0n) is 15.2. The third-order valence-electron chi connectivity index (χ3n) is 5.24. The lowest BCUT2D eigenvalue weighted by Gasteiger charge is -2.32. The fourth-order valence-corrected chi connectivity index (χ4v) is 3.67. The maximum absolute atomic E-state index is 13.0. The van der Waals surface area contributed by atoms with Gasteiger partial charge in [-0.2, -0.15) is 0 Å². The predicted octanol–water partition coefficient (Wildman–Crippen LogP) is 4.74. The lowest BCUT2D eigenvalue weighted by atomic mass is 10.0. The molecule has 0 unspecified atom stereocenters. The van der Waals surface area contributed by atoms with Crippen LogP contribution in [0.25, 0.3) is 10.8 Å². The molecule has 1 fully saturated rings. The first-order valence-electron chi connectivity index (χ1n) is 9.44. The summed E-state index contributed by atoms with van der Waals surface area (Å²) in [6, 6.07) is 20.9. The van der Waals surface area contributed by atoms with Crippen molar-refractivity contribution >= 4 is 22.2 Å². The van der Waals surface area contributed by atoms with E-state index < -0.39 is 0 Å². The molecule has 0 radical (unpaired) electrons. The largest absolute Gasteiger partial charge is 0.382 e. The van der Waals surface area contributed by atoms with Crippen LogP contribution < -0.4 is 5.32 Å². The Morgan fingerprint density at radius 2 is 1.67 bits per heavy atom. The lowest BCUT2D eigenvalue weighted by Crippen LogP contribution is -2.41. The molecular formula is C23H23FN2O. The molecule has 1 N–H and O–H groups in total. The van der Waals surface area contributed by atoms with Crippen molar-refractivity contribution in [1.82, 2.24) is 4.90 Å². The van der Waals surface area contributed by atoms with Gasteiger partial charge in [-0.25, -0.2) is 4.39 Å². The number of fused-ring (bicyclic) bond motifs is 1. The Kier molecular flexibility index (Phi) is 5.16. The first kappa shape index (κ1) is 17.7. The van der Waals surface area contributed by atoms with Crippen molar-refractivity contribution < 1.29 is 9.18 Å². The van der Waals surface area contributed by atoms with E-state index in [1.165, 1.54) is 12.1 Å². The average molecular weight is 362 g/mol. The van der Waals surface area contributed by atoms with Crippen LogP contribution in [0.3, 0.4) is 0 Å². The number of benzene rings is 3. The van der Waals surface area contributed by atoms with Crippen LogP contribution >= 0.6 is 0 Å². The Labute approximate surface area is 158 Å². The highest BCUT2D eigenvalue weighted by Gasteiger charge is 2.21. The van der Waals surface area contributed by atoms with Gasteiger partial charge < -0.3 is 5.32 Å². The standard InChI is InChI=1S/C23H23FN2O/c24-20-7-9-21(10-8-20)25-22-11-13-26(14-12-22)16-23(27)19-6-5-17-3-1-2-4-18(17)15-19/h1-10,15,22,25H,11-14,16H2. The fourth-order valence-electron chi connectivity index (χ4n) is 3.67. The first-order chi connectivity index (χ1) is 13.2. The molecule has 0 atom stereocenters. The molecule has 1 saturated heterocycles. The number of nitrogens with zero attached hydrogens (tertiary/aromatic N) is 1. The van der Waals surface area contributed by atoms with Gasteiger partial charge in [-0.3, -0.25) is 9.69 Å². The van der Waals surface area contributed by atoms with Gasteiger partial charge in [-0.05, 0) is 53.9 Å². The van der Waals surface area contributed by atoms with E-state index in [0.717, 1.165) is 48.0 Å². The number of anilines is 1. The van der Waals surface area contributed by atoms with Crippen molar-refractivity contribution in [3.05, 3.63) is 78.1 Å². The summed E-state index contributed by atoms with van der Waals surface area (Å²) in [4.78, 5) is 14.9. The number of hydrogen-bond donors (Lipinski definition) is 1. The molecule has 3 nitrogen and oxygen atoms in total. The Morgan fingerprint density at radius 3 is 2.41 bits per heavy atom. The van der Waals surface area contributed by atoms with Gasteiger partial charge in [0.2, 0.25) is 0 Å². The SMILES string of the molecule is O=C(CN1CCC(Nc2ccc(F)cc2)CC1)c1ccc2ccccc2c1. The maximum Gasteiger partial charge on any atom is 0.176 e. The lowest BCUT2D eigenvalue weighted by molar-refractivity contribution is 0.0912. The summed E-state index contributed by atoms with van der Waals surface area (Å²) < 4.78 is 13.0. The van der Waals surface area contributed by atoms with Crippen LogP contribution in [-0.4, -0.2) is 36.4 Å². The molecule has 1 aliphatic heterocycles. The Hall–Kier alpha value is -2.72. The molecule has 3 aromatic carbocycles. The van der Waals surface area contributed by atoms with E-state index >= 15 is 0 Å². The molecule has 1 heterocycles. The molecule has 1 aliphatic rings. The molecule has 0 saturated carbocycles. The van der Waals surface area contributed by atoms with Crippen LogP contribution in [0.15, 0.2) is 66.7 Å². The molecule has 0 amide bonds. The number of hydrogen-bond acceptors (Lipinski definition) is 3. The molecule has 4 rings (SSSR count). The first-order valence-corrected chi connectivity index (χ1v) is 9.44. The second kappa shape index (κ2) is 7.89. The fraction of sp³-hybridized carbons (Fsp3) is 0.261. The molecule has 138 valence electrons. The molecule has 27 heavy (non-hydrogen) atoms. The summed E-state index contributed by atoms with van der Waals surface area (Å²) in [6.45, 7) is 2.23. The van der Waals surface area contributed by atoms with Gasteiger partial charge in [0.15, 0.2) is 5.78 Å². The number of likely N-dealkylation sites (tertiary alicyclic amines) is 1. The van der Waals surface area contributed by atoms with Crippen molar-refractivity contribution in [3.63, 3.8) is 0 Å². The minimum absolute atomic E-state index is 0.172. The number of halogens is 1. The van der Waals surface area contributed by atoms with Crippen LogP contribution in [0.2, 0.25) is 0 Å².